The number of nitrogens with two attached hydrogens (primary N) is 1. The molecule has 0 saturated carbocycles. The molecule has 2 saturated heterocycles. The maximum atomic E-state index is 13.5. The van der Waals surface area contributed by atoms with Gasteiger partial charge in [-0.25, -0.2) is 4.39 Å². The Morgan fingerprint density at radius 3 is 3.00 bits per heavy atom. The third-order valence-corrected chi connectivity index (χ3v) is 4.88. The lowest BCUT2D eigenvalue weighted by Gasteiger charge is -2.44. The standard InChI is InChI=1S/C15H21ClFN3/c16-11-6-12(17)8-13(7-11)19-15(10-18)3-5-20-4-1-2-14(20)9-15/h6-8,14,19H,1-5,9-10,18H2. The van der Waals surface area contributed by atoms with E-state index in [4.69, 9.17) is 17.3 Å². The molecule has 110 valence electrons. The highest BCUT2D eigenvalue weighted by atomic mass is 35.5. The van der Waals surface area contributed by atoms with Crippen molar-refractivity contribution in [2.45, 2.75) is 37.3 Å². The van der Waals surface area contributed by atoms with Gasteiger partial charge >= 0.3 is 0 Å². The number of hydrogen-bond donors (Lipinski definition) is 2. The van der Waals surface area contributed by atoms with Gasteiger partial charge < -0.3 is 16.0 Å². The number of nitrogens with zero attached hydrogens (tertiary/aromatic N) is 1. The van der Waals surface area contributed by atoms with Crippen LogP contribution in [0.25, 0.3) is 0 Å². The zero-order valence-electron chi connectivity index (χ0n) is 11.5. The van der Waals surface area contributed by atoms with E-state index in [1.54, 1.807) is 6.07 Å². The molecule has 3 N–H and O–H groups in total. The van der Waals surface area contributed by atoms with Gasteiger partial charge in [0, 0.05) is 29.8 Å². The molecule has 2 unspecified atom stereocenters. The van der Waals surface area contributed by atoms with Crippen molar-refractivity contribution in [3.05, 3.63) is 29.0 Å². The molecule has 2 atom stereocenters. The lowest BCUT2D eigenvalue weighted by molar-refractivity contribution is 0.145. The van der Waals surface area contributed by atoms with E-state index in [0.29, 0.717) is 17.6 Å². The number of hydrogen-bond acceptors (Lipinski definition) is 3. The van der Waals surface area contributed by atoms with E-state index >= 15 is 0 Å². The molecule has 2 heterocycles. The van der Waals surface area contributed by atoms with Crippen molar-refractivity contribution in [2.75, 3.05) is 25.0 Å². The zero-order chi connectivity index (χ0) is 14.2. The average Bonchev–Trinajstić information content (AvgIpc) is 2.84. The van der Waals surface area contributed by atoms with E-state index in [1.807, 2.05) is 0 Å². The Kier molecular flexibility index (Phi) is 3.89. The summed E-state index contributed by atoms with van der Waals surface area (Å²) in [4.78, 5) is 2.55. The average molecular weight is 298 g/mol. The van der Waals surface area contributed by atoms with Crippen LogP contribution in [-0.4, -0.2) is 36.1 Å². The Labute approximate surface area is 124 Å². The Morgan fingerprint density at radius 1 is 1.40 bits per heavy atom. The van der Waals surface area contributed by atoms with Crippen molar-refractivity contribution in [1.82, 2.24) is 4.90 Å². The van der Waals surface area contributed by atoms with Gasteiger partial charge in [-0.1, -0.05) is 11.6 Å². The topological polar surface area (TPSA) is 41.3 Å². The van der Waals surface area contributed by atoms with Gasteiger partial charge in [0.1, 0.15) is 5.82 Å². The van der Waals surface area contributed by atoms with Gasteiger partial charge in [-0.15, -0.1) is 0 Å². The Morgan fingerprint density at radius 2 is 2.25 bits per heavy atom. The molecule has 0 amide bonds. The monoisotopic (exact) mass is 297 g/mol. The highest BCUT2D eigenvalue weighted by Gasteiger charge is 2.40. The summed E-state index contributed by atoms with van der Waals surface area (Å²) in [5.41, 5.74) is 6.63. The normalized spacial score (nSPS) is 30.2. The van der Waals surface area contributed by atoms with Crippen molar-refractivity contribution in [3.63, 3.8) is 0 Å². The van der Waals surface area contributed by atoms with Crippen molar-refractivity contribution < 1.29 is 4.39 Å². The molecule has 0 aromatic heterocycles. The molecular formula is C15H21ClFN3. The number of benzene rings is 1. The maximum Gasteiger partial charge on any atom is 0.126 e. The molecule has 3 nitrogen and oxygen atoms in total. The summed E-state index contributed by atoms with van der Waals surface area (Å²) < 4.78 is 13.5. The second kappa shape index (κ2) is 5.51. The Hall–Kier alpha value is -0.840. The number of piperidine rings is 1. The van der Waals surface area contributed by atoms with Crippen LogP contribution in [0.1, 0.15) is 25.7 Å². The van der Waals surface area contributed by atoms with E-state index in [9.17, 15) is 4.39 Å². The first-order chi connectivity index (χ1) is 9.60. The van der Waals surface area contributed by atoms with Crippen molar-refractivity contribution in [1.29, 1.82) is 0 Å². The summed E-state index contributed by atoms with van der Waals surface area (Å²) in [5.74, 6) is -0.314. The summed E-state index contributed by atoms with van der Waals surface area (Å²) in [6.07, 6.45) is 4.54. The van der Waals surface area contributed by atoms with Crippen LogP contribution in [0.15, 0.2) is 18.2 Å². The van der Waals surface area contributed by atoms with Gasteiger partial charge in [-0.2, -0.15) is 0 Å². The largest absolute Gasteiger partial charge is 0.378 e. The van der Waals surface area contributed by atoms with Crippen LogP contribution in [0, 0.1) is 5.82 Å². The van der Waals surface area contributed by atoms with Crippen LogP contribution in [0.4, 0.5) is 10.1 Å². The van der Waals surface area contributed by atoms with E-state index in [2.05, 4.69) is 10.2 Å². The second-order valence-corrected chi connectivity index (χ2v) is 6.49. The van der Waals surface area contributed by atoms with Gasteiger partial charge in [0.2, 0.25) is 0 Å². The van der Waals surface area contributed by atoms with Crippen LogP contribution in [0.5, 0.6) is 0 Å². The predicted octanol–water partition coefficient (Wildman–Crippen LogP) is 2.85. The lowest BCUT2D eigenvalue weighted by Crippen LogP contribution is -2.55. The smallest absolute Gasteiger partial charge is 0.126 e. The van der Waals surface area contributed by atoms with Crippen LogP contribution in [0.3, 0.4) is 0 Å². The SMILES string of the molecule is NCC1(Nc2cc(F)cc(Cl)c2)CCN2CCCC2C1. The molecule has 2 aliphatic rings. The Bertz CT molecular complexity index is 476. The summed E-state index contributed by atoms with van der Waals surface area (Å²) in [6, 6.07) is 5.19. The van der Waals surface area contributed by atoms with Gasteiger partial charge in [0.05, 0.1) is 5.54 Å². The molecular weight excluding hydrogens is 277 g/mol. The fourth-order valence-corrected chi connectivity index (χ4v) is 3.84. The molecule has 1 aromatic rings. The van der Waals surface area contributed by atoms with Gasteiger partial charge in [-0.3, -0.25) is 0 Å². The molecule has 0 bridgehead atoms. The first-order valence-electron chi connectivity index (χ1n) is 7.29. The number of fused-ring (bicyclic) bond motifs is 1. The lowest BCUT2D eigenvalue weighted by atomic mass is 9.83. The summed E-state index contributed by atoms with van der Waals surface area (Å²) in [5, 5.41) is 3.88. The van der Waals surface area contributed by atoms with Crippen LogP contribution in [-0.2, 0) is 0 Å². The number of halogens is 2. The summed E-state index contributed by atoms with van der Waals surface area (Å²) in [6.45, 7) is 2.83. The van der Waals surface area contributed by atoms with Crippen LogP contribution >= 0.6 is 11.6 Å². The minimum Gasteiger partial charge on any atom is -0.378 e. The molecule has 0 aliphatic carbocycles. The molecule has 3 rings (SSSR count). The van der Waals surface area contributed by atoms with Crippen molar-refractivity contribution in [2.24, 2.45) is 5.73 Å². The zero-order valence-corrected chi connectivity index (χ0v) is 12.3. The summed E-state index contributed by atoms with van der Waals surface area (Å²) >= 11 is 5.93. The highest BCUT2D eigenvalue weighted by molar-refractivity contribution is 6.30. The molecule has 2 fully saturated rings. The predicted molar refractivity (Wildman–Crippen MR) is 80.6 cm³/mol. The number of anilines is 1. The van der Waals surface area contributed by atoms with E-state index in [1.165, 1.54) is 31.5 Å². The third kappa shape index (κ3) is 2.78. The van der Waals surface area contributed by atoms with E-state index in [0.717, 1.165) is 25.1 Å². The second-order valence-electron chi connectivity index (χ2n) is 6.05. The molecule has 0 spiro atoms. The van der Waals surface area contributed by atoms with Crippen molar-refractivity contribution in [3.8, 4) is 0 Å². The molecule has 1 aromatic carbocycles. The molecule has 2 aliphatic heterocycles. The fraction of sp³-hybridized carbons (Fsp3) is 0.600. The third-order valence-electron chi connectivity index (χ3n) is 4.67. The van der Waals surface area contributed by atoms with Crippen molar-refractivity contribution >= 4 is 17.3 Å². The minimum atomic E-state index is -0.314. The first kappa shape index (κ1) is 14.1. The number of nitrogens with one attached hydrogen (secondary N) is 1. The minimum absolute atomic E-state index is 0.136. The Balaban J connectivity index is 1.79. The maximum absolute atomic E-state index is 13.5. The van der Waals surface area contributed by atoms with Crippen LogP contribution in [0.2, 0.25) is 5.02 Å². The molecule has 5 heteroatoms. The number of rotatable bonds is 3. The first-order valence-corrected chi connectivity index (χ1v) is 7.66. The van der Waals surface area contributed by atoms with Crippen LogP contribution < -0.4 is 11.1 Å². The highest BCUT2D eigenvalue weighted by Crippen LogP contribution is 2.35. The van der Waals surface area contributed by atoms with Gasteiger partial charge in [-0.05, 0) is 50.4 Å². The van der Waals surface area contributed by atoms with E-state index in [-0.39, 0.29) is 11.4 Å². The quantitative estimate of drug-likeness (QED) is 0.901. The molecule has 0 radical (unpaired) electrons. The van der Waals surface area contributed by atoms with Gasteiger partial charge in [0.25, 0.3) is 0 Å². The van der Waals surface area contributed by atoms with Gasteiger partial charge in [0.15, 0.2) is 0 Å². The van der Waals surface area contributed by atoms with E-state index < -0.39 is 0 Å². The fourth-order valence-electron chi connectivity index (χ4n) is 3.61. The summed E-state index contributed by atoms with van der Waals surface area (Å²) in [7, 11) is 0. The molecule has 20 heavy (non-hydrogen) atoms.